The Morgan fingerprint density at radius 1 is 1.19 bits per heavy atom. The molecule has 3 rings (SSSR count). The third-order valence-electron chi connectivity index (χ3n) is 4.44. The molecule has 2 N–H and O–H groups in total. The fourth-order valence-corrected chi connectivity index (χ4v) is 2.90. The van der Waals surface area contributed by atoms with Crippen molar-refractivity contribution in [3.63, 3.8) is 0 Å². The van der Waals surface area contributed by atoms with E-state index in [0.717, 1.165) is 16.7 Å². The van der Waals surface area contributed by atoms with E-state index >= 15 is 0 Å². The van der Waals surface area contributed by atoms with Crippen LogP contribution in [0, 0.1) is 18.3 Å². The van der Waals surface area contributed by atoms with Gasteiger partial charge in [-0.05, 0) is 54.8 Å². The molecule has 136 valence electrons. The van der Waals surface area contributed by atoms with Gasteiger partial charge in [0.25, 0.3) is 5.91 Å². The molecule has 0 spiro atoms. The van der Waals surface area contributed by atoms with E-state index in [-0.39, 0.29) is 6.54 Å². The summed E-state index contributed by atoms with van der Waals surface area (Å²) in [5, 5.41) is 22.4. The van der Waals surface area contributed by atoms with Crippen LogP contribution in [0.2, 0.25) is 0 Å². The van der Waals surface area contributed by atoms with Gasteiger partial charge in [-0.2, -0.15) is 5.26 Å². The van der Waals surface area contributed by atoms with Crippen LogP contribution >= 0.6 is 0 Å². The fraction of sp³-hybridized carbons (Fsp3) is 0.182. The highest BCUT2D eigenvalue weighted by molar-refractivity contribution is 5.96. The summed E-state index contributed by atoms with van der Waals surface area (Å²) < 4.78 is 1.80. The minimum atomic E-state index is -1.59. The van der Waals surface area contributed by atoms with Crippen LogP contribution in [0.4, 0.5) is 5.69 Å². The van der Waals surface area contributed by atoms with Crippen molar-refractivity contribution in [1.82, 2.24) is 4.57 Å². The Kier molecular flexibility index (Phi) is 5.11. The molecule has 0 aliphatic carbocycles. The number of nitrogens with one attached hydrogen (secondary N) is 1. The maximum atomic E-state index is 12.5. The molecule has 1 heterocycles. The zero-order chi connectivity index (χ0) is 19.4. The molecule has 5 nitrogen and oxygen atoms in total. The summed E-state index contributed by atoms with van der Waals surface area (Å²) in [6.45, 7) is 3.42. The molecule has 1 atom stereocenters. The van der Waals surface area contributed by atoms with Crippen LogP contribution in [0.5, 0.6) is 0 Å². The molecule has 3 aromatic rings. The average Bonchev–Trinajstić information content (AvgIpc) is 3.10. The Bertz CT molecular complexity index is 998. The smallest absolute Gasteiger partial charge is 0.257 e. The number of anilines is 1. The van der Waals surface area contributed by atoms with E-state index in [1.54, 1.807) is 29.7 Å². The van der Waals surface area contributed by atoms with E-state index in [1.807, 2.05) is 48.8 Å². The summed E-state index contributed by atoms with van der Waals surface area (Å²) >= 11 is 0. The molecule has 0 aliphatic heterocycles. The molecule has 0 saturated carbocycles. The summed E-state index contributed by atoms with van der Waals surface area (Å²) in [6, 6.07) is 19.0. The summed E-state index contributed by atoms with van der Waals surface area (Å²) in [6.07, 6.45) is 3.75. The summed E-state index contributed by atoms with van der Waals surface area (Å²) in [5.74, 6) is -0.499. The van der Waals surface area contributed by atoms with Gasteiger partial charge in [-0.1, -0.05) is 30.3 Å². The lowest BCUT2D eigenvalue weighted by Gasteiger charge is -2.23. The average molecular weight is 359 g/mol. The van der Waals surface area contributed by atoms with Crippen molar-refractivity contribution >= 4 is 11.6 Å². The third-order valence-corrected chi connectivity index (χ3v) is 4.44. The Hall–Kier alpha value is -3.36. The number of nitriles is 1. The fourth-order valence-electron chi connectivity index (χ4n) is 2.90. The van der Waals surface area contributed by atoms with Gasteiger partial charge in [0.15, 0.2) is 5.60 Å². The third kappa shape index (κ3) is 4.25. The number of rotatable bonds is 5. The molecular formula is C22H21N3O2. The first-order valence-electron chi connectivity index (χ1n) is 8.65. The van der Waals surface area contributed by atoms with E-state index in [0.29, 0.717) is 11.3 Å². The van der Waals surface area contributed by atoms with Gasteiger partial charge < -0.3 is 15.0 Å². The van der Waals surface area contributed by atoms with Crippen LogP contribution < -0.4 is 5.32 Å². The van der Waals surface area contributed by atoms with Crippen molar-refractivity contribution in [2.24, 2.45) is 0 Å². The number of amides is 1. The van der Waals surface area contributed by atoms with Gasteiger partial charge in [0.2, 0.25) is 0 Å². The predicted molar refractivity (Wildman–Crippen MR) is 105 cm³/mol. The van der Waals surface area contributed by atoms with E-state index < -0.39 is 11.5 Å². The maximum absolute atomic E-state index is 12.5. The molecule has 2 aromatic carbocycles. The number of hydrogen-bond donors (Lipinski definition) is 2. The molecule has 1 unspecified atom stereocenters. The molecule has 1 aromatic heterocycles. The van der Waals surface area contributed by atoms with E-state index in [4.69, 9.17) is 5.26 Å². The van der Waals surface area contributed by atoms with Gasteiger partial charge in [-0.3, -0.25) is 4.79 Å². The van der Waals surface area contributed by atoms with Crippen molar-refractivity contribution in [2.45, 2.75) is 26.0 Å². The van der Waals surface area contributed by atoms with Crippen LogP contribution in [0.15, 0.2) is 67.0 Å². The molecule has 0 fully saturated rings. The van der Waals surface area contributed by atoms with Crippen LogP contribution in [0.25, 0.3) is 11.1 Å². The van der Waals surface area contributed by atoms with Crippen molar-refractivity contribution in [2.75, 3.05) is 5.32 Å². The molecule has 1 amide bonds. The molecular weight excluding hydrogens is 338 g/mol. The number of aryl methyl sites for hydroxylation is 1. The van der Waals surface area contributed by atoms with Gasteiger partial charge in [-0.15, -0.1) is 0 Å². The second-order valence-corrected chi connectivity index (χ2v) is 6.81. The number of nitrogens with zero attached hydrogens (tertiary/aromatic N) is 2. The minimum Gasteiger partial charge on any atom is -0.378 e. The van der Waals surface area contributed by atoms with E-state index in [1.165, 1.54) is 6.92 Å². The number of aromatic nitrogens is 1. The number of carbonyl (C=O) groups is 1. The van der Waals surface area contributed by atoms with Crippen LogP contribution in [0.3, 0.4) is 0 Å². The van der Waals surface area contributed by atoms with Gasteiger partial charge in [0.05, 0.1) is 18.2 Å². The number of carbonyl (C=O) groups excluding carboxylic acids is 1. The second-order valence-electron chi connectivity index (χ2n) is 6.81. The van der Waals surface area contributed by atoms with Crippen LogP contribution in [0.1, 0.15) is 18.1 Å². The number of aliphatic hydroxyl groups is 1. The summed E-state index contributed by atoms with van der Waals surface area (Å²) in [4.78, 5) is 12.5. The Labute approximate surface area is 158 Å². The summed E-state index contributed by atoms with van der Waals surface area (Å²) in [5.41, 5.74) is 2.39. The monoisotopic (exact) mass is 359 g/mol. The maximum Gasteiger partial charge on any atom is 0.257 e. The SMILES string of the molecule is Cc1cc(NC(=O)C(C)(O)Cn2ccc(-c3ccccc3)c2)ccc1C#N. The van der Waals surface area contributed by atoms with Crippen molar-refractivity contribution in [3.05, 3.63) is 78.1 Å². The number of hydrogen-bond acceptors (Lipinski definition) is 3. The lowest BCUT2D eigenvalue weighted by Crippen LogP contribution is -2.43. The quantitative estimate of drug-likeness (QED) is 0.729. The molecule has 0 radical (unpaired) electrons. The highest BCUT2D eigenvalue weighted by Gasteiger charge is 2.31. The largest absolute Gasteiger partial charge is 0.378 e. The van der Waals surface area contributed by atoms with Crippen LogP contribution in [-0.4, -0.2) is 21.2 Å². The van der Waals surface area contributed by atoms with Crippen molar-refractivity contribution in [3.8, 4) is 17.2 Å². The van der Waals surface area contributed by atoms with Gasteiger partial charge >= 0.3 is 0 Å². The standard InChI is InChI=1S/C22H21N3O2/c1-16-12-20(9-8-18(16)13-23)24-21(26)22(2,27)15-25-11-10-19(14-25)17-6-4-3-5-7-17/h3-12,14,27H,15H2,1-2H3,(H,24,26). The highest BCUT2D eigenvalue weighted by Crippen LogP contribution is 2.21. The first kappa shape index (κ1) is 18.4. The van der Waals surface area contributed by atoms with Gasteiger partial charge in [0, 0.05) is 18.1 Å². The van der Waals surface area contributed by atoms with Crippen LogP contribution in [-0.2, 0) is 11.3 Å². The summed E-state index contributed by atoms with van der Waals surface area (Å²) in [7, 11) is 0. The first-order valence-corrected chi connectivity index (χ1v) is 8.65. The molecule has 27 heavy (non-hydrogen) atoms. The Morgan fingerprint density at radius 3 is 2.59 bits per heavy atom. The van der Waals surface area contributed by atoms with Gasteiger partial charge in [0.1, 0.15) is 0 Å². The lowest BCUT2D eigenvalue weighted by atomic mass is 10.0. The minimum absolute atomic E-state index is 0.126. The Balaban J connectivity index is 1.71. The molecule has 0 bridgehead atoms. The highest BCUT2D eigenvalue weighted by atomic mass is 16.3. The first-order chi connectivity index (χ1) is 12.9. The number of benzene rings is 2. The second kappa shape index (κ2) is 7.48. The van der Waals surface area contributed by atoms with E-state index in [2.05, 4.69) is 11.4 Å². The van der Waals surface area contributed by atoms with E-state index in [9.17, 15) is 9.90 Å². The predicted octanol–water partition coefficient (Wildman–Crippen LogP) is 3.72. The molecule has 0 aliphatic rings. The molecule has 0 saturated heterocycles. The lowest BCUT2D eigenvalue weighted by molar-refractivity contribution is -0.133. The zero-order valence-electron chi connectivity index (χ0n) is 15.3. The molecule has 5 heteroatoms. The van der Waals surface area contributed by atoms with Crippen molar-refractivity contribution < 1.29 is 9.90 Å². The van der Waals surface area contributed by atoms with Crippen molar-refractivity contribution in [1.29, 1.82) is 5.26 Å². The Morgan fingerprint density at radius 2 is 1.93 bits per heavy atom. The van der Waals surface area contributed by atoms with Gasteiger partial charge in [-0.25, -0.2) is 0 Å². The topological polar surface area (TPSA) is 78.0 Å². The zero-order valence-corrected chi connectivity index (χ0v) is 15.3. The normalized spacial score (nSPS) is 12.8.